The van der Waals surface area contributed by atoms with Gasteiger partial charge in [0.1, 0.15) is 0 Å². The van der Waals surface area contributed by atoms with Crippen molar-refractivity contribution >= 4 is 22.9 Å². The van der Waals surface area contributed by atoms with E-state index in [1.165, 1.54) is 12.3 Å². The second kappa shape index (κ2) is 3.11. The molecule has 2 rings (SSSR count). The van der Waals surface area contributed by atoms with E-state index in [4.69, 9.17) is 0 Å². The minimum absolute atomic E-state index is 0.281. The molecule has 0 atom stereocenters. The first kappa shape index (κ1) is 8.14. The number of allylic oxidation sites excluding steroid dienone is 1. The number of thioether (sulfide) groups is 1. The number of rotatable bonds is 1. The molecular formula is C6H4N2O4S. The third-order valence-electron chi connectivity index (χ3n) is 1.30. The standard InChI is InChI=1S/C6H4N2O4S/c9-5-4(13-6(10)8-5)1-3-2-7-12-11-3/h1-2,7H,(H,8,9,10). The van der Waals surface area contributed by atoms with Gasteiger partial charge in [-0.3, -0.25) is 14.9 Å². The Morgan fingerprint density at radius 2 is 2.31 bits per heavy atom. The molecule has 0 aromatic carbocycles. The van der Waals surface area contributed by atoms with Gasteiger partial charge in [0.05, 0.1) is 11.1 Å². The van der Waals surface area contributed by atoms with Gasteiger partial charge in [-0.1, -0.05) is 4.99 Å². The number of carbonyl (C=O) groups is 2. The van der Waals surface area contributed by atoms with Gasteiger partial charge in [-0.15, -0.1) is 0 Å². The fourth-order valence-corrected chi connectivity index (χ4v) is 1.46. The van der Waals surface area contributed by atoms with Crippen LogP contribution in [0, 0.1) is 0 Å². The van der Waals surface area contributed by atoms with Crippen LogP contribution in [0.2, 0.25) is 0 Å². The number of amides is 2. The summed E-state index contributed by atoms with van der Waals surface area (Å²) in [5, 5.41) is 1.73. The molecule has 0 radical (unpaired) electrons. The van der Waals surface area contributed by atoms with Crippen LogP contribution < -0.4 is 10.8 Å². The average Bonchev–Trinajstić information content (AvgIpc) is 2.63. The first-order valence-electron chi connectivity index (χ1n) is 3.30. The van der Waals surface area contributed by atoms with Gasteiger partial charge in [0, 0.05) is 6.08 Å². The number of imide groups is 1. The molecule has 0 saturated carbocycles. The summed E-state index contributed by atoms with van der Waals surface area (Å²) >= 11 is 0.818. The molecule has 68 valence electrons. The topological polar surface area (TPSA) is 76.7 Å². The van der Waals surface area contributed by atoms with E-state index < -0.39 is 5.91 Å². The zero-order chi connectivity index (χ0) is 9.26. The smallest absolute Gasteiger partial charge is 0.290 e. The van der Waals surface area contributed by atoms with E-state index in [9.17, 15) is 9.59 Å². The summed E-state index contributed by atoms with van der Waals surface area (Å²) in [6.07, 6.45) is 2.83. The van der Waals surface area contributed by atoms with Gasteiger partial charge >= 0.3 is 0 Å². The number of carbonyl (C=O) groups excluding carboxylic acids is 2. The van der Waals surface area contributed by atoms with Gasteiger partial charge in [-0.25, -0.2) is 5.48 Å². The summed E-state index contributed by atoms with van der Waals surface area (Å²) in [5.74, 6) is -0.0845. The first-order valence-corrected chi connectivity index (χ1v) is 4.11. The van der Waals surface area contributed by atoms with Crippen LogP contribution in [0.4, 0.5) is 4.79 Å². The molecule has 0 spiro atoms. The van der Waals surface area contributed by atoms with Crippen LogP contribution in [0.25, 0.3) is 0 Å². The van der Waals surface area contributed by atoms with Crippen LogP contribution >= 0.6 is 11.8 Å². The fourth-order valence-electron chi connectivity index (χ4n) is 0.794. The third kappa shape index (κ3) is 1.65. The third-order valence-corrected chi connectivity index (χ3v) is 2.11. The molecular weight excluding hydrogens is 196 g/mol. The summed E-state index contributed by atoms with van der Waals surface area (Å²) in [6, 6.07) is 0. The average molecular weight is 200 g/mol. The van der Waals surface area contributed by atoms with Gasteiger partial charge in [0.25, 0.3) is 11.1 Å². The number of hydrogen-bond acceptors (Lipinski definition) is 6. The maximum atomic E-state index is 11.0. The van der Waals surface area contributed by atoms with Gasteiger partial charge in [-0.2, -0.15) is 0 Å². The number of hydrogen-bond donors (Lipinski definition) is 2. The van der Waals surface area contributed by atoms with Crippen LogP contribution in [-0.2, 0) is 14.7 Å². The summed E-state index contributed by atoms with van der Waals surface area (Å²) < 4.78 is 0. The molecule has 7 heteroatoms. The Labute approximate surface area is 76.8 Å². The number of nitrogens with one attached hydrogen (secondary N) is 2. The largest absolute Gasteiger partial charge is 0.313 e. The highest BCUT2D eigenvalue weighted by atomic mass is 32.2. The molecule has 0 bridgehead atoms. The molecule has 2 N–H and O–H groups in total. The Balaban J connectivity index is 2.15. The van der Waals surface area contributed by atoms with E-state index in [0.717, 1.165) is 11.8 Å². The molecule has 13 heavy (non-hydrogen) atoms. The normalized spacial score (nSPS) is 24.0. The molecule has 6 nitrogen and oxygen atoms in total. The zero-order valence-corrected chi connectivity index (χ0v) is 7.01. The first-order chi connectivity index (χ1) is 6.25. The summed E-state index contributed by atoms with van der Waals surface area (Å²) in [7, 11) is 0. The highest BCUT2D eigenvalue weighted by molar-refractivity contribution is 8.18. The van der Waals surface area contributed by atoms with Crippen molar-refractivity contribution in [3.63, 3.8) is 0 Å². The Hall–Kier alpha value is -1.47. The van der Waals surface area contributed by atoms with Crippen LogP contribution in [0.1, 0.15) is 0 Å². The van der Waals surface area contributed by atoms with Crippen LogP contribution in [-0.4, -0.2) is 11.1 Å². The molecule has 0 aliphatic carbocycles. The van der Waals surface area contributed by atoms with E-state index in [2.05, 4.69) is 20.7 Å². The molecule has 2 heterocycles. The van der Waals surface area contributed by atoms with Crippen molar-refractivity contribution in [2.45, 2.75) is 0 Å². The molecule has 0 unspecified atom stereocenters. The maximum Gasteiger partial charge on any atom is 0.290 e. The Morgan fingerprint density at radius 3 is 2.85 bits per heavy atom. The molecule has 1 fully saturated rings. The lowest BCUT2D eigenvalue weighted by Gasteiger charge is -1.91. The van der Waals surface area contributed by atoms with Crippen LogP contribution in [0.15, 0.2) is 22.9 Å². The lowest BCUT2D eigenvalue weighted by molar-refractivity contribution is -0.271. The van der Waals surface area contributed by atoms with E-state index >= 15 is 0 Å². The predicted octanol–water partition coefficient (Wildman–Crippen LogP) is 0.161. The van der Waals surface area contributed by atoms with Crippen molar-refractivity contribution in [2.75, 3.05) is 0 Å². The predicted molar refractivity (Wildman–Crippen MR) is 42.6 cm³/mol. The quantitative estimate of drug-likeness (QED) is 0.464. The van der Waals surface area contributed by atoms with Crippen molar-refractivity contribution in [1.29, 1.82) is 0 Å². The molecule has 2 aliphatic rings. The monoisotopic (exact) mass is 200 g/mol. The van der Waals surface area contributed by atoms with Gasteiger partial charge < -0.3 is 4.89 Å². The van der Waals surface area contributed by atoms with Gasteiger partial charge in [-0.05, 0) is 11.8 Å². The summed E-state index contributed by atoms with van der Waals surface area (Å²) in [5.41, 5.74) is 2.32. The molecule has 2 amide bonds. The van der Waals surface area contributed by atoms with Gasteiger partial charge in [0.2, 0.25) is 0 Å². The summed E-state index contributed by atoms with van der Waals surface area (Å²) in [6.45, 7) is 0. The molecule has 0 aromatic rings. The van der Waals surface area contributed by atoms with E-state index in [-0.39, 0.29) is 10.1 Å². The Bertz CT molecular complexity index is 336. The van der Waals surface area contributed by atoms with Gasteiger partial charge in [0.15, 0.2) is 5.76 Å². The Kier molecular flexibility index (Phi) is 1.95. The highest BCUT2D eigenvalue weighted by Crippen LogP contribution is 2.24. The minimum Gasteiger partial charge on any atom is -0.313 e. The Morgan fingerprint density at radius 1 is 1.46 bits per heavy atom. The van der Waals surface area contributed by atoms with Crippen molar-refractivity contribution in [1.82, 2.24) is 10.8 Å². The SMILES string of the molecule is O=C1NC(=O)C(=CC2=CNOO2)S1. The molecule has 0 aromatic heterocycles. The van der Waals surface area contributed by atoms with Crippen molar-refractivity contribution in [3.8, 4) is 0 Å². The second-order valence-electron chi connectivity index (χ2n) is 2.18. The lowest BCUT2D eigenvalue weighted by Crippen LogP contribution is -2.17. The molecule has 1 saturated heterocycles. The second-order valence-corrected chi connectivity index (χ2v) is 3.20. The maximum absolute atomic E-state index is 11.0. The van der Waals surface area contributed by atoms with Crippen molar-refractivity contribution in [2.24, 2.45) is 0 Å². The van der Waals surface area contributed by atoms with Crippen molar-refractivity contribution in [3.05, 3.63) is 22.9 Å². The van der Waals surface area contributed by atoms with Crippen LogP contribution in [0.3, 0.4) is 0 Å². The van der Waals surface area contributed by atoms with E-state index in [1.54, 1.807) is 0 Å². The van der Waals surface area contributed by atoms with Crippen LogP contribution in [0.5, 0.6) is 0 Å². The fraction of sp³-hybridized carbons (Fsp3) is 0. The van der Waals surface area contributed by atoms with Crippen molar-refractivity contribution < 1.29 is 19.5 Å². The van der Waals surface area contributed by atoms with E-state index in [0.29, 0.717) is 5.76 Å². The highest BCUT2D eigenvalue weighted by Gasteiger charge is 2.26. The minimum atomic E-state index is -0.425. The summed E-state index contributed by atoms with van der Waals surface area (Å²) in [4.78, 5) is 30.9. The number of hydroxylamine groups is 1. The molecule has 2 aliphatic heterocycles. The zero-order valence-electron chi connectivity index (χ0n) is 6.20. The van der Waals surface area contributed by atoms with E-state index in [1.807, 2.05) is 0 Å². The lowest BCUT2D eigenvalue weighted by atomic mass is 10.4.